The van der Waals surface area contributed by atoms with Crippen LogP contribution in [-0.2, 0) is 4.74 Å². The number of amides is 1. The van der Waals surface area contributed by atoms with Crippen LogP contribution in [-0.4, -0.2) is 40.9 Å². The van der Waals surface area contributed by atoms with Crippen LogP contribution in [0.4, 0.5) is 4.79 Å². The second kappa shape index (κ2) is 7.67. The van der Waals surface area contributed by atoms with Crippen molar-refractivity contribution in [3.05, 3.63) is 0 Å². The number of nitrogens with zero attached hydrogens (tertiary/aromatic N) is 1. The van der Waals surface area contributed by atoms with E-state index in [0.29, 0.717) is 18.6 Å². The van der Waals surface area contributed by atoms with Crippen LogP contribution < -0.4 is 0 Å². The van der Waals surface area contributed by atoms with Crippen molar-refractivity contribution < 1.29 is 14.6 Å². The molecule has 1 aliphatic carbocycles. The summed E-state index contributed by atoms with van der Waals surface area (Å²) >= 11 is 0. The molecule has 1 saturated carbocycles. The normalized spacial score (nSPS) is 29.1. The highest BCUT2D eigenvalue weighted by atomic mass is 16.6. The molecular weight excluding hydrogens is 278 g/mol. The highest BCUT2D eigenvalue weighted by Gasteiger charge is 2.41. The third kappa shape index (κ3) is 4.61. The van der Waals surface area contributed by atoms with Crippen molar-refractivity contribution in [1.29, 1.82) is 0 Å². The van der Waals surface area contributed by atoms with Crippen LogP contribution in [0.1, 0.15) is 72.1 Å². The minimum Gasteiger partial charge on any atom is -0.444 e. The van der Waals surface area contributed by atoms with Crippen LogP contribution >= 0.6 is 0 Å². The van der Waals surface area contributed by atoms with E-state index in [1.54, 1.807) is 0 Å². The Bertz CT molecular complexity index is 364. The molecule has 22 heavy (non-hydrogen) atoms. The lowest BCUT2D eigenvalue weighted by atomic mass is 9.69. The summed E-state index contributed by atoms with van der Waals surface area (Å²) < 4.78 is 5.61. The van der Waals surface area contributed by atoms with Gasteiger partial charge in [-0.2, -0.15) is 0 Å². The molecule has 2 rings (SSSR count). The number of unbranched alkanes of at least 4 members (excludes halogenated alkanes) is 1. The average molecular weight is 311 g/mol. The van der Waals surface area contributed by atoms with Crippen LogP contribution in [0.3, 0.4) is 0 Å². The summed E-state index contributed by atoms with van der Waals surface area (Å²) in [7, 11) is 0. The maximum absolute atomic E-state index is 12.5. The van der Waals surface area contributed by atoms with Gasteiger partial charge in [-0.15, -0.1) is 0 Å². The van der Waals surface area contributed by atoms with E-state index in [0.717, 1.165) is 38.1 Å². The second-order valence-electron chi connectivity index (χ2n) is 7.96. The van der Waals surface area contributed by atoms with Gasteiger partial charge in [0.2, 0.25) is 0 Å². The second-order valence-corrected chi connectivity index (χ2v) is 7.96. The van der Waals surface area contributed by atoms with Gasteiger partial charge in [-0.25, -0.2) is 4.79 Å². The third-order valence-electron chi connectivity index (χ3n) is 5.12. The molecule has 0 radical (unpaired) electrons. The number of aliphatic hydroxyl groups is 1. The van der Waals surface area contributed by atoms with Gasteiger partial charge >= 0.3 is 6.09 Å². The topological polar surface area (TPSA) is 49.8 Å². The molecule has 0 bridgehead atoms. The minimum absolute atomic E-state index is 0.127. The summed E-state index contributed by atoms with van der Waals surface area (Å²) in [5.74, 6) is 1.35. The lowest BCUT2D eigenvalue weighted by Gasteiger charge is -2.47. The zero-order valence-corrected chi connectivity index (χ0v) is 14.5. The zero-order chi connectivity index (χ0) is 16.2. The lowest BCUT2D eigenvalue weighted by molar-refractivity contribution is -0.0193. The van der Waals surface area contributed by atoms with Gasteiger partial charge in [-0.05, 0) is 58.3 Å². The number of hydrogen-bond acceptors (Lipinski definition) is 3. The Kier molecular flexibility index (Phi) is 6.13. The fraction of sp³-hybridized carbons (Fsp3) is 0.944. The first-order chi connectivity index (χ1) is 10.4. The predicted octanol–water partition coefficient (Wildman–Crippen LogP) is 3.96. The number of piperidine rings is 1. The van der Waals surface area contributed by atoms with E-state index in [4.69, 9.17) is 9.84 Å². The Balaban J connectivity index is 1.98. The molecule has 0 aromatic carbocycles. The summed E-state index contributed by atoms with van der Waals surface area (Å²) in [4.78, 5) is 14.5. The quantitative estimate of drug-likeness (QED) is 0.799. The highest BCUT2D eigenvalue weighted by molar-refractivity contribution is 5.68. The Morgan fingerprint density at radius 1 is 1.18 bits per heavy atom. The number of carbonyl (C=O) groups is 1. The van der Waals surface area contributed by atoms with Gasteiger partial charge in [0.15, 0.2) is 0 Å². The lowest BCUT2D eigenvalue weighted by Crippen LogP contribution is -2.53. The van der Waals surface area contributed by atoms with E-state index in [-0.39, 0.29) is 6.09 Å². The van der Waals surface area contributed by atoms with E-state index in [1.165, 1.54) is 25.7 Å². The Labute approximate surface area is 135 Å². The van der Waals surface area contributed by atoms with Crippen molar-refractivity contribution in [1.82, 2.24) is 4.90 Å². The SMILES string of the molecule is CC(C)(C)OC(=O)N1CCC[C@H]2[C@H](CCCCO)CCC[C@H]21. The number of ether oxygens (including phenoxy) is 1. The Hall–Kier alpha value is -0.770. The number of likely N-dealkylation sites (tertiary alicyclic amines) is 1. The van der Waals surface area contributed by atoms with Crippen molar-refractivity contribution >= 4 is 6.09 Å². The van der Waals surface area contributed by atoms with Gasteiger partial charge in [0, 0.05) is 19.2 Å². The summed E-state index contributed by atoms with van der Waals surface area (Å²) in [6.07, 6.45) is 9.05. The van der Waals surface area contributed by atoms with E-state index in [9.17, 15) is 4.79 Å². The van der Waals surface area contributed by atoms with Crippen molar-refractivity contribution in [2.24, 2.45) is 11.8 Å². The average Bonchev–Trinajstić information content (AvgIpc) is 2.45. The van der Waals surface area contributed by atoms with Crippen LogP contribution in [0.5, 0.6) is 0 Å². The summed E-state index contributed by atoms with van der Waals surface area (Å²) in [5.41, 5.74) is -0.417. The van der Waals surface area contributed by atoms with Crippen LogP contribution in [0.2, 0.25) is 0 Å². The summed E-state index contributed by atoms with van der Waals surface area (Å²) in [6.45, 7) is 6.95. The van der Waals surface area contributed by atoms with Gasteiger partial charge in [0.05, 0.1) is 0 Å². The number of hydrogen-bond donors (Lipinski definition) is 1. The first-order valence-corrected chi connectivity index (χ1v) is 9.03. The van der Waals surface area contributed by atoms with Gasteiger partial charge in [-0.3, -0.25) is 0 Å². The predicted molar refractivity (Wildman–Crippen MR) is 87.7 cm³/mol. The molecule has 1 amide bonds. The van der Waals surface area contributed by atoms with Crippen molar-refractivity contribution in [2.45, 2.75) is 83.8 Å². The summed E-state index contributed by atoms with van der Waals surface area (Å²) in [5, 5.41) is 8.98. The molecule has 2 fully saturated rings. The van der Waals surface area contributed by atoms with Crippen molar-refractivity contribution in [3.8, 4) is 0 Å². The number of fused-ring (bicyclic) bond motifs is 1. The van der Waals surface area contributed by atoms with Gasteiger partial charge in [-0.1, -0.05) is 25.7 Å². The molecule has 0 spiro atoms. The molecule has 1 N–H and O–H groups in total. The molecule has 128 valence electrons. The number of carbonyl (C=O) groups excluding carboxylic acids is 1. The van der Waals surface area contributed by atoms with Gasteiger partial charge < -0.3 is 14.7 Å². The third-order valence-corrected chi connectivity index (χ3v) is 5.12. The molecular formula is C18H33NO3. The van der Waals surface area contributed by atoms with Crippen molar-refractivity contribution in [2.75, 3.05) is 13.2 Å². The van der Waals surface area contributed by atoms with Crippen LogP contribution in [0.25, 0.3) is 0 Å². The zero-order valence-electron chi connectivity index (χ0n) is 14.5. The molecule has 0 aromatic heterocycles. The fourth-order valence-corrected chi connectivity index (χ4v) is 4.23. The smallest absolute Gasteiger partial charge is 0.410 e. The fourth-order valence-electron chi connectivity index (χ4n) is 4.23. The molecule has 1 saturated heterocycles. The first kappa shape index (κ1) is 17.6. The molecule has 0 aromatic rings. The summed E-state index contributed by atoms with van der Waals surface area (Å²) in [6, 6.07) is 0.372. The molecule has 2 aliphatic rings. The van der Waals surface area contributed by atoms with Crippen molar-refractivity contribution in [3.63, 3.8) is 0 Å². The number of rotatable bonds is 4. The molecule has 1 aliphatic heterocycles. The van der Waals surface area contributed by atoms with E-state index in [1.807, 2.05) is 25.7 Å². The maximum Gasteiger partial charge on any atom is 0.410 e. The largest absolute Gasteiger partial charge is 0.444 e. The van der Waals surface area contributed by atoms with Crippen LogP contribution in [0.15, 0.2) is 0 Å². The monoisotopic (exact) mass is 311 g/mol. The molecule has 1 heterocycles. The van der Waals surface area contributed by atoms with Gasteiger partial charge in [0.25, 0.3) is 0 Å². The standard InChI is InChI=1S/C18H33NO3/c1-18(2,3)22-17(21)19-12-7-10-15-14(8-4-5-13-20)9-6-11-16(15)19/h14-16,20H,4-13H2,1-3H3/t14-,15+,16-/m1/s1. The molecule has 0 unspecified atom stereocenters. The van der Waals surface area contributed by atoms with E-state index >= 15 is 0 Å². The minimum atomic E-state index is -0.417. The first-order valence-electron chi connectivity index (χ1n) is 9.03. The Morgan fingerprint density at radius 3 is 2.64 bits per heavy atom. The molecule has 4 heteroatoms. The van der Waals surface area contributed by atoms with E-state index < -0.39 is 5.60 Å². The van der Waals surface area contributed by atoms with E-state index in [2.05, 4.69) is 0 Å². The molecule has 4 nitrogen and oxygen atoms in total. The van der Waals surface area contributed by atoms with Gasteiger partial charge in [0.1, 0.15) is 5.60 Å². The highest BCUT2D eigenvalue weighted by Crippen LogP contribution is 2.41. The maximum atomic E-state index is 12.5. The van der Waals surface area contributed by atoms with Crippen LogP contribution in [0, 0.1) is 11.8 Å². The Morgan fingerprint density at radius 2 is 1.95 bits per heavy atom. The number of aliphatic hydroxyl groups excluding tert-OH is 1. The molecule has 3 atom stereocenters.